The molecule has 14 heteroatoms. The fourth-order valence-corrected chi connectivity index (χ4v) is 4.96. The van der Waals surface area contributed by atoms with Crippen molar-refractivity contribution >= 4 is 34.5 Å². The average molecular weight is 606 g/mol. The molecular weight excluding hydrogens is 574 g/mol. The molecule has 3 heterocycles. The Morgan fingerprint density at radius 3 is 2.58 bits per heavy atom. The third-order valence-electron chi connectivity index (χ3n) is 7.04. The van der Waals surface area contributed by atoms with Crippen LogP contribution in [0.5, 0.6) is 0 Å². The van der Waals surface area contributed by atoms with Gasteiger partial charge in [0.2, 0.25) is 11.8 Å². The second-order valence-electron chi connectivity index (χ2n) is 10.3. The number of fused-ring (bicyclic) bond motifs is 1. The molecule has 1 saturated heterocycles. The number of benzene rings is 1. The lowest BCUT2D eigenvalue weighted by atomic mass is 10.1. The number of rotatable bonds is 11. The van der Waals surface area contributed by atoms with Crippen molar-refractivity contribution in [2.45, 2.75) is 57.3 Å². The summed E-state index contributed by atoms with van der Waals surface area (Å²) in [5.41, 5.74) is 0.150. The number of aromatic amines is 1. The molecule has 0 radical (unpaired) electrons. The molecule has 1 aromatic carbocycles. The summed E-state index contributed by atoms with van der Waals surface area (Å²) in [7, 11) is 0. The van der Waals surface area contributed by atoms with Gasteiger partial charge in [-0.15, -0.1) is 0 Å². The lowest BCUT2D eigenvalue weighted by Crippen LogP contribution is -2.44. The largest absolute Gasteiger partial charge is 0.465 e. The Morgan fingerprint density at radius 2 is 1.88 bits per heavy atom. The molecule has 3 amide bonds. The first-order chi connectivity index (χ1) is 20.4. The van der Waals surface area contributed by atoms with E-state index in [0.717, 1.165) is 18.9 Å². The van der Waals surface area contributed by atoms with Gasteiger partial charge in [0.15, 0.2) is 0 Å². The summed E-state index contributed by atoms with van der Waals surface area (Å²) in [6.45, 7) is 1.31. The van der Waals surface area contributed by atoms with Gasteiger partial charge in [-0.1, -0.05) is 6.08 Å². The SMILES string of the molecule is O=C(O)N[C@@H](CC/C=C/C(=O)N1CCCC1)C(=O)Nc1cccn(Cc2cc3cc(F)cc(CCC(F)(F)F)c3[nH]2)c1=O. The molecule has 0 saturated carbocycles. The molecule has 1 aliphatic rings. The van der Waals surface area contributed by atoms with Gasteiger partial charge in [-0.05, 0) is 74.1 Å². The highest BCUT2D eigenvalue weighted by Gasteiger charge is 2.27. The highest BCUT2D eigenvalue weighted by atomic mass is 19.4. The molecule has 3 aromatic rings. The first kappa shape index (κ1) is 31.3. The summed E-state index contributed by atoms with van der Waals surface area (Å²) in [5.74, 6) is -1.60. The van der Waals surface area contributed by atoms with Gasteiger partial charge in [-0.25, -0.2) is 9.18 Å². The predicted molar refractivity (Wildman–Crippen MR) is 150 cm³/mol. The number of carbonyl (C=O) groups excluding carboxylic acids is 2. The molecule has 0 unspecified atom stereocenters. The monoisotopic (exact) mass is 605 g/mol. The van der Waals surface area contributed by atoms with E-state index in [0.29, 0.717) is 29.7 Å². The zero-order valence-corrected chi connectivity index (χ0v) is 23.0. The Balaban J connectivity index is 1.45. The number of hydrogen-bond acceptors (Lipinski definition) is 4. The van der Waals surface area contributed by atoms with Gasteiger partial charge in [0, 0.05) is 42.3 Å². The number of amides is 3. The molecule has 4 rings (SSSR count). The van der Waals surface area contributed by atoms with E-state index in [1.165, 1.54) is 41.1 Å². The fourth-order valence-electron chi connectivity index (χ4n) is 4.96. The first-order valence-electron chi connectivity index (χ1n) is 13.7. The molecule has 43 heavy (non-hydrogen) atoms. The number of alkyl halides is 3. The number of allylic oxidation sites excluding steroid dienone is 1. The molecule has 1 fully saturated rings. The molecule has 1 aliphatic heterocycles. The molecule has 0 aliphatic carbocycles. The summed E-state index contributed by atoms with van der Waals surface area (Å²) in [6, 6.07) is 5.37. The lowest BCUT2D eigenvalue weighted by Gasteiger charge is -2.16. The van der Waals surface area contributed by atoms with Crippen molar-refractivity contribution in [3.8, 4) is 0 Å². The van der Waals surface area contributed by atoms with Crippen molar-refractivity contribution in [1.82, 2.24) is 19.8 Å². The second kappa shape index (κ2) is 13.6. The zero-order valence-electron chi connectivity index (χ0n) is 23.0. The minimum atomic E-state index is -4.41. The molecule has 2 aromatic heterocycles. The standard InChI is InChI=1S/C29H31F4N5O5/c30-20-14-18(9-10-29(31,32)33)25-19(15-20)16-21(34-25)17-38-13-5-7-23(27(38)41)35-26(40)22(36-28(42)43)6-1-2-8-24(39)37-11-3-4-12-37/h2,5,7-8,13-16,22,34,36H,1,3-4,6,9-12,17H2,(H,35,40)(H,42,43)/b8-2+/t22-/m0/s1. The number of aromatic nitrogens is 2. The van der Waals surface area contributed by atoms with Gasteiger partial charge in [0.25, 0.3) is 5.56 Å². The van der Waals surface area contributed by atoms with Crippen LogP contribution >= 0.6 is 0 Å². The summed E-state index contributed by atoms with van der Waals surface area (Å²) in [6.07, 6.45) is -0.838. The molecule has 4 N–H and O–H groups in total. The normalized spacial score (nSPS) is 14.4. The van der Waals surface area contributed by atoms with Gasteiger partial charge < -0.3 is 30.2 Å². The van der Waals surface area contributed by atoms with E-state index in [-0.39, 0.29) is 36.5 Å². The lowest BCUT2D eigenvalue weighted by molar-refractivity contribution is -0.134. The maximum Gasteiger partial charge on any atom is 0.405 e. The number of aryl methyl sites for hydroxylation is 1. The van der Waals surface area contributed by atoms with Crippen molar-refractivity contribution in [3.63, 3.8) is 0 Å². The minimum absolute atomic E-state index is 0.0330. The van der Waals surface area contributed by atoms with Crippen molar-refractivity contribution in [2.24, 2.45) is 0 Å². The molecule has 230 valence electrons. The van der Waals surface area contributed by atoms with E-state index in [1.807, 2.05) is 0 Å². The van der Waals surface area contributed by atoms with Crippen LogP contribution in [-0.2, 0) is 22.6 Å². The number of carbonyl (C=O) groups is 3. The van der Waals surface area contributed by atoms with E-state index >= 15 is 0 Å². The van der Waals surface area contributed by atoms with Crippen LogP contribution in [-0.4, -0.2) is 62.8 Å². The minimum Gasteiger partial charge on any atom is -0.465 e. The Hall–Kier alpha value is -4.62. The van der Waals surface area contributed by atoms with Gasteiger partial charge in [-0.2, -0.15) is 13.2 Å². The third kappa shape index (κ3) is 8.69. The van der Waals surface area contributed by atoms with Crippen LogP contribution < -0.4 is 16.2 Å². The van der Waals surface area contributed by atoms with E-state index < -0.39 is 48.4 Å². The molecule has 10 nitrogen and oxygen atoms in total. The highest BCUT2D eigenvalue weighted by molar-refractivity contribution is 5.96. The number of H-pyrrole nitrogens is 1. The number of carboxylic acid groups (broad SMARTS) is 1. The van der Waals surface area contributed by atoms with Crippen LogP contribution in [0.2, 0.25) is 0 Å². The number of likely N-dealkylation sites (tertiary alicyclic amines) is 1. The zero-order chi connectivity index (χ0) is 31.1. The number of anilines is 1. The second-order valence-corrected chi connectivity index (χ2v) is 10.3. The first-order valence-corrected chi connectivity index (χ1v) is 13.7. The summed E-state index contributed by atoms with van der Waals surface area (Å²) < 4.78 is 53.6. The molecular formula is C29H31F4N5O5. The fraction of sp³-hybridized carbons (Fsp3) is 0.379. The smallest absolute Gasteiger partial charge is 0.405 e. The maximum absolute atomic E-state index is 14.1. The Labute approximate surface area is 243 Å². The van der Waals surface area contributed by atoms with Crippen molar-refractivity contribution in [1.29, 1.82) is 0 Å². The quantitative estimate of drug-likeness (QED) is 0.188. The van der Waals surface area contributed by atoms with Crippen LogP contribution in [0.3, 0.4) is 0 Å². The third-order valence-corrected chi connectivity index (χ3v) is 7.04. The Morgan fingerprint density at radius 1 is 1.14 bits per heavy atom. The van der Waals surface area contributed by atoms with Crippen LogP contribution in [0.1, 0.15) is 43.4 Å². The van der Waals surface area contributed by atoms with Crippen LogP contribution in [0, 0.1) is 5.82 Å². The number of nitrogens with one attached hydrogen (secondary N) is 3. The van der Waals surface area contributed by atoms with Gasteiger partial charge >= 0.3 is 12.3 Å². The van der Waals surface area contributed by atoms with Crippen molar-refractivity contribution in [3.05, 3.63) is 76.1 Å². The van der Waals surface area contributed by atoms with Gasteiger partial charge in [0.1, 0.15) is 17.5 Å². The topological polar surface area (TPSA) is 137 Å². The van der Waals surface area contributed by atoms with Crippen LogP contribution in [0.15, 0.2) is 53.5 Å². The Kier molecular flexibility index (Phi) is 9.88. The average Bonchev–Trinajstić information content (AvgIpc) is 3.61. The number of halogens is 4. The van der Waals surface area contributed by atoms with E-state index in [2.05, 4.69) is 15.6 Å². The number of nitrogens with zero attached hydrogens (tertiary/aromatic N) is 2. The van der Waals surface area contributed by atoms with Crippen LogP contribution in [0.4, 0.5) is 28.0 Å². The molecule has 1 atom stereocenters. The molecule has 0 spiro atoms. The van der Waals surface area contributed by atoms with E-state index in [9.17, 15) is 41.8 Å². The summed E-state index contributed by atoms with van der Waals surface area (Å²) in [5, 5.41) is 14.1. The summed E-state index contributed by atoms with van der Waals surface area (Å²) >= 11 is 0. The van der Waals surface area contributed by atoms with Crippen molar-refractivity contribution < 1.29 is 37.1 Å². The number of hydrogen-bond donors (Lipinski definition) is 4. The summed E-state index contributed by atoms with van der Waals surface area (Å²) in [4.78, 5) is 54.2. The van der Waals surface area contributed by atoms with Crippen molar-refractivity contribution in [2.75, 3.05) is 18.4 Å². The predicted octanol–water partition coefficient (Wildman–Crippen LogP) is 4.55. The number of pyridine rings is 1. The van der Waals surface area contributed by atoms with Gasteiger partial charge in [-0.3, -0.25) is 14.4 Å². The van der Waals surface area contributed by atoms with E-state index in [1.54, 1.807) is 11.0 Å². The highest BCUT2D eigenvalue weighted by Crippen LogP contribution is 2.27. The Bertz CT molecular complexity index is 1570. The maximum atomic E-state index is 14.1. The van der Waals surface area contributed by atoms with E-state index in [4.69, 9.17) is 0 Å². The van der Waals surface area contributed by atoms with Crippen LogP contribution in [0.25, 0.3) is 10.9 Å². The molecule has 0 bridgehead atoms. The van der Waals surface area contributed by atoms with Gasteiger partial charge in [0.05, 0.1) is 6.54 Å².